The molecule has 0 aliphatic heterocycles. The summed E-state index contributed by atoms with van der Waals surface area (Å²) in [6, 6.07) is 24.8. The molecule has 4 aromatic carbocycles. The molecule has 0 amide bonds. The number of Topliss-reactive ketones (excluding diaryl/α,β-unsaturated/α-hetero) is 4. The van der Waals surface area contributed by atoms with E-state index in [2.05, 4.69) is 131 Å². The zero-order valence-electron chi connectivity index (χ0n) is 82.9. The standard InChI is InChI=1S/2C29H39NO4.C27H37N3O3.C27H37NO4/c1-17-6-7-21(18(2)10-17)13-24(31)14-22(15-25(32)33)27-26(20-8-9-20)28(34-30-27)23-11-19(12-23)16-29(3,4)5;1-17(2)11-20-13-24(14-20)29-27(21-7-8-21)28(30-34-29)23(9-10-26(32)33)16-25(31)15-22-6-5-18(3)12-19(22)4;1-16(2)9-19-11-23(12-19)30-27(20-7-8-20)26(28-29-30)22(15-25(32)33)14-24(31)13-21-6-5-17(3)10-18(21)4;1-6-24-26(28-32-27(24)22-11-19(12-22)9-16(2)3)21(15-25(30)31)14-23(29)13-20-8-7-17(4)10-18(20)5/h6-7,10,19-20,22-23H,8-9,11-16H2,1-5H3,(H,32,33);5-6,12,17,20-21,23-24H,7-11,13-16H2,1-4H3,(H,32,33);5-6,10,16,19-20,22-23H,7-9,11-15H2,1-4H3,(H,32,33);7-8,10,16,19,21-22H,6,9,11-15H2,1-5H3,(H,30,31). The zero-order chi connectivity index (χ0) is 96.1. The van der Waals surface area contributed by atoms with Gasteiger partial charge in [0.2, 0.25) is 0 Å². The van der Waals surface area contributed by atoms with Gasteiger partial charge in [0.1, 0.15) is 40.4 Å². The van der Waals surface area contributed by atoms with E-state index in [1.165, 1.54) is 47.9 Å². The monoisotopic (exact) mass is 1820 g/mol. The molecule has 4 atom stereocenters. The van der Waals surface area contributed by atoms with Gasteiger partial charge in [0.25, 0.3) is 0 Å². The summed E-state index contributed by atoms with van der Waals surface area (Å²) in [6.45, 7) is 38.7. The lowest BCUT2D eigenvalue weighted by molar-refractivity contribution is -0.138. The van der Waals surface area contributed by atoms with Crippen LogP contribution in [0.1, 0.15) is 437 Å². The Morgan fingerprint density at radius 1 is 0.391 bits per heavy atom. The number of aliphatic carboxylic acids is 4. The Balaban J connectivity index is 0.000000160. The summed E-state index contributed by atoms with van der Waals surface area (Å²) >= 11 is 0. The lowest BCUT2D eigenvalue weighted by atomic mass is 9.66. The number of carbonyl (C=O) groups excluding carboxylic acids is 4. The molecule has 7 aliphatic rings. The molecule has 720 valence electrons. The second kappa shape index (κ2) is 45.7. The van der Waals surface area contributed by atoms with Crippen LogP contribution >= 0.6 is 0 Å². The molecule has 0 spiro atoms. The maximum Gasteiger partial charge on any atom is 0.304 e. The fourth-order valence-corrected chi connectivity index (χ4v) is 22.2. The number of hydrogen-bond donors (Lipinski definition) is 4. The number of nitrogens with zero attached hydrogens (tertiary/aromatic N) is 6. The smallest absolute Gasteiger partial charge is 0.304 e. The molecule has 7 saturated carbocycles. The number of aromatic nitrogens is 6. The largest absolute Gasteiger partial charge is 0.481 e. The van der Waals surface area contributed by atoms with Crippen LogP contribution in [0.3, 0.4) is 0 Å². The predicted octanol–water partition coefficient (Wildman–Crippen LogP) is 25.4. The summed E-state index contributed by atoms with van der Waals surface area (Å²) in [5.41, 5.74) is 21.0. The summed E-state index contributed by atoms with van der Waals surface area (Å²) in [7, 11) is 0. The van der Waals surface area contributed by atoms with Gasteiger partial charge in [0.15, 0.2) is 0 Å². The summed E-state index contributed by atoms with van der Waals surface area (Å²) in [4.78, 5) is 98.5. The first-order chi connectivity index (χ1) is 63.1. The van der Waals surface area contributed by atoms with Crippen LogP contribution in [0.25, 0.3) is 0 Å². The first-order valence-corrected chi connectivity index (χ1v) is 50.2. The molecule has 4 unspecified atom stereocenters. The van der Waals surface area contributed by atoms with Crippen molar-refractivity contribution in [3.05, 3.63) is 202 Å². The Morgan fingerprint density at radius 2 is 0.714 bits per heavy atom. The number of carboxylic acids is 4. The van der Waals surface area contributed by atoms with Crippen molar-refractivity contribution >= 4 is 47.0 Å². The molecule has 7 aliphatic carbocycles. The summed E-state index contributed by atoms with van der Waals surface area (Å²) in [5.74, 6) is 5.63. The highest BCUT2D eigenvalue weighted by atomic mass is 16.5. The van der Waals surface area contributed by atoms with Gasteiger partial charge >= 0.3 is 23.9 Å². The topological polar surface area (TPSA) is 326 Å². The fraction of sp³-hybridized carbons (Fsp3) is 0.616. The van der Waals surface area contributed by atoms with E-state index in [1.54, 1.807) is 0 Å². The van der Waals surface area contributed by atoms with Gasteiger partial charge in [-0.05, 0) is 287 Å². The van der Waals surface area contributed by atoms with Gasteiger partial charge in [0.05, 0.1) is 53.8 Å². The molecule has 0 radical (unpaired) electrons. The van der Waals surface area contributed by atoms with Crippen LogP contribution in [0.5, 0.6) is 0 Å². The molecule has 4 heterocycles. The van der Waals surface area contributed by atoms with Gasteiger partial charge in [-0.25, -0.2) is 4.68 Å². The molecule has 8 aromatic rings. The van der Waals surface area contributed by atoms with Crippen molar-refractivity contribution in [2.24, 2.45) is 46.8 Å². The van der Waals surface area contributed by atoms with E-state index in [9.17, 15) is 58.8 Å². The van der Waals surface area contributed by atoms with Crippen LogP contribution in [-0.4, -0.2) is 97.9 Å². The molecule has 133 heavy (non-hydrogen) atoms. The van der Waals surface area contributed by atoms with Crippen LogP contribution in [-0.2, 0) is 70.5 Å². The minimum Gasteiger partial charge on any atom is -0.481 e. The lowest BCUT2D eigenvalue weighted by Gasteiger charge is -2.38. The zero-order valence-corrected chi connectivity index (χ0v) is 82.9. The van der Waals surface area contributed by atoms with Crippen molar-refractivity contribution in [1.82, 2.24) is 30.5 Å². The molecule has 15 rings (SSSR count). The average molecular weight is 1820 g/mol. The van der Waals surface area contributed by atoms with Gasteiger partial charge in [-0.3, -0.25) is 38.4 Å². The van der Waals surface area contributed by atoms with E-state index in [1.807, 2.05) is 97.0 Å². The van der Waals surface area contributed by atoms with Crippen LogP contribution in [0.4, 0.5) is 0 Å². The Bertz CT molecular complexity index is 5360. The minimum absolute atomic E-state index is 0.0354. The van der Waals surface area contributed by atoms with E-state index >= 15 is 0 Å². The molecular formula is C112H152N6O15. The highest BCUT2D eigenvalue weighted by molar-refractivity contribution is 5.85. The van der Waals surface area contributed by atoms with Crippen LogP contribution in [0.2, 0.25) is 0 Å². The molecule has 4 N–H and O–H groups in total. The molecule has 0 bridgehead atoms. The third-order valence-electron chi connectivity index (χ3n) is 29.1. The number of ketones is 4. The average Bonchev–Trinajstić information content (AvgIpc) is 1.61. The quantitative estimate of drug-likeness (QED) is 0.0276. The van der Waals surface area contributed by atoms with Crippen molar-refractivity contribution in [2.75, 3.05) is 0 Å². The van der Waals surface area contributed by atoms with Crippen molar-refractivity contribution in [3.8, 4) is 0 Å². The maximum absolute atomic E-state index is 13.1. The highest BCUT2D eigenvalue weighted by Crippen LogP contribution is 2.57. The van der Waals surface area contributed by atoms with Crippen LogP contribution < -0.4 is 0 Å². The van der Waals surface area contributed by atoms with E-state index in [4.69, 9.17) is 13.6 Å². The Labute approximate surface area is 789 Å². The fourth-order valence-electron chi connectivity index (χ4n) is 22.2. The van der Waals surface area contributed by atoms with E-state index in [-0.39, 0.29) is 74.0 Å². The Kier molecular flexibility index (Phi) is 35.1. The second-order valence-corrected chi connectivity index (χ2v) is 44.2. The first kappa shape index (κ1) is 102. The van der Waals surface area contributed by atoms with Gasteiger partial charge in [0, 0.05) is 122 Å². The normalized spacial score (nSPS) is 20.6. The van der Waals surface area contributed by atoms with Crippen LogP contribution in [0.15, 0.2) is 86.4 Å². The second-order valence-electron chi connectivity index (χ2n) is 44.2. The summed E-state index contributed by atoms with van der Waals surface area (Å²) in [5, 5.41) is 60.4. The molecule has 4 aromatic heterocycles. The molecular weight excluding hydrogens is 1670 g/mol. The highest BCUT2D eigenvalue weighted by Gasteiger charge is 2.47. The van der Waals surface area contributed by atoms with Gasteiger partial charge in [-0.15, -0.1) is 5.10 Å². The number of carboxylic acid groups (broad SMARTS) is 4. The van der Waals surface area contributed by atoms with Crippen LogP contribution in [0, 0.1) is 102 Å². The maximum atomic E-state index is 13.1. The number of carbonyl (C=O) groups is 8. The van der Waals surface area contributed by atoms with E-state index in [0.29, 0.717) is 115 Å². The Morgan fingerprint density at radius 3 is 1.05 bits per heavy atom. The SMILES string of the molecule is CCc1c(C(CC(=O)O)CC(=O)Cc2ccc(C)cc2C)noc1C1CC(CC(C)C)C1.Cc1ccc(CC(=O)CC(CC(=O)O)c2nnn(C3CC(CC(C)C)C3)c2C2CC2)c(C)c1.Cc1ccc(CC(=O)CC(CC(=O)O)c2noc(C3CC(CC(C)(C)C)C3)c2C2CC2)c(C)c1.Cc1ccc(CC(=O)CC(CCC(=O)O)c2noc(C3CC(CC(C)C)C3)c2C2CC2)c(C)c1. The molecule has 0 saturated heterocycles. The van der Waals surface area contributed by atoms with Crippen molar-refractivity contribution in [1.29, 1.82) is 0 Å². The summed E-state index contributed by atoms with van der Waals surface area (Å²) in [6.07, 6.45) is 23.6. The lowest BCUT2D eigenvalue weighted by Crippen LogP contribution is -2.29. The third kappa shape index (κ3) is 28.9. The van der Waals surface area contributed by atoms with Gasteiger partial charge in [-0.2, -0.15) is 0 Å². The van der Waals surface area contributed by atoms with E-state index < -0.39 is 41.6 Å². The van der Waals surface area contributed by atoms with Gasteiger partial charge in [-0.1, -0.05) is 185 Å². The van der Waals surface area contributed by atoms with Crippen molar-refractivity contribution < 1.29 is 72.4 Å². The number of rotatable bonds is 44. The first-order valence-electron chi connectivity index (χ1n) is 50.2. The van der Waals surface area contributed by atoms with Crippen molar-refractivity contribution in [3.63, 3.8) is 0 Å². The minimum atomic E-state index is -0.915. The number of hydrogen-bond acceptors (Lipinski definition) is 16. The molecule has 21 nitrogen and oxygen atoms in total. The molecule has 21 heteroatoms. The van der Waals surface area contributed by atoms with Gasteiger partial charge < -0.3 is 34.0 Å². The third-order valence-corrected chi connectivity index (χ3v) is 29.1. The van der Waals surface area contributed by atoms with E-state index in [0.717, 1.165) is 215 Å². The number of benzene rings is 4. The van der Waals surface area contributed by atoms with Crippen molar-refractivity contribution in [2.45, 2.75) is 395 Å². The number of aryl methyl sites for hydroxylation is 8. The summed E-state index contributed by atoms with van der Waals surface area (Å²) < 4.78 is 19.8. The predicted molar refractivity (Wildman–Crippen MR) is 517 cm³/mol. The Hall–Kier alpha value is -9.79. The molecule has 7 fully saturated rings.